The Kier molecular flexibility index (Phi) is 8.33. The molecule has 1 heterocycles. The fourth-order valence-electron chi connectivity index (χ4n) is 3.67. The van der Waals surface area contributed by atoms with E-state index in [-0.39, 0.29) is 24.0 Å². The zero-order valence-corrected chi connectivity index (χ0v) is 22.3. The molecule has 1 aliphatic rings. The van der Waals surface area contributed by atoms with Crippen molar-refractivity contribution in [2.75, 3.05) is 25.7 Å². The highest BCUT2D eigenvalue weighted by Gasteiger charge is 2.40. The topological polar surface area (TPSA) is 68.3 Å². The Bertz CT molecular complexity index is 1380. The Morgan fingerprint density at radius 1 is 1.00 bits per heavy atom. The maximum absolute atomic E-state index is 13.5. The molecular formula is C27H22Cl2N2O5S. The number of anilines is 1. The number of rotatable bonds is 8. The molecule has 10 heteroatoms. The van der Waals surface area contributed by atoms with Crippen molar-refractivity contribution in [1.82, 2.24) is 4.90 Å². The second-order valence-corrected chi connectivity index (χ2v) is 9.09. The van der Waals surface area contributed by atoms with Crippen molar-refractivity contribution in [2.24, 2.45) is 0 Å². The fourth-order valence-corrected chi connectivity index (χ4v) is 4.33. The predicted molar refractivity (Wildman–Crippen MR) is 147 cm³/mol. The maximum atomic E-state index is 13.5. The minimum absolute atomic E-state index is 0.149. The van der Waals surface area contributed by atoms with Crippen LogP contribution in [-0.4, -0.2) is 42.7 Å². The zero-order valence-electron chi connectivity index (χ0n) is 19.9. The summed E-state index contributed by atoms with van der Waals surface area (Å²) in [5.41, 5.74) is 2.21. The highest BCUT2D eigenvalue weighted by molar-refractivity contribution is 7.80. The lowest BCUT2D eigenvalue weighted by atomic mass is 10.1. The second-order valence-electron chi connectivity index (χ2n) is 7.88. The van der Waals surface area contributed by atoms with Crippen LogP contribution in [0, 0.1) is 0 Å². The summed E-state index contributed by atoms with van der Waals surface area (Å²) in [6.07, 6.45) is 1.63. The van der Waals surface area contributed by atoms with Gasteiger partial charge in [0.1, 0.15) is 18.8 Å². The predicted octanol–water partition coefficient (Wildman–Crippen LogP) is 5.73. The number of nitrogens with zero attached hydrogens (tertiary/aromatic N) is 2. The minimum Gasteiger partial charge on any atom is -0.493 e. The molecule has 0 N–H and O–H groups in total. The van der Waals surface area contributed by atoms with Crippen molar-refractivity contribution < 1.29 is 23.8 Å². The van der Waals surface area contributed by atoms with Gasteiger partial charge in [-0.3, -0.25) is 14.5 Å². The highest BCUT2D eigenvalue weighted by atomic mass is 35.5. The van der Waals surface area contributed by atoms with E-state index < -0.39 is 11.9 Å². The summed E-state index contributed by atoms with van der Waals surface area (Å²) in [6, 6.07) is 19.3. The fraction of sp³-hybridized carbons (Fsp3) is 0.148. The molecule has 0 radical (unpaired) electrons. The van der Waals surface area contributed by atoms with Crippen molar-refractivity contribution in [2.45, 2.75) is 6.61 Å². The quantitative estimate of drug-likeness (QED) is 0.199. The Morgan fingerprint density at radius 2 is 1.73 bits per heavy atom. The number of carbonyl (C=O) groups excluding carboxylic acids is 2. The summed E-state index contributed by atoms with van der Waals surface area (Å²) in [5.74, 6) is 0.0321. The van der Waals surface area contributed by atoms with Crippen LogP contribution in [-0.2, 0) is 20.9 Å². The van der Waals surface area contributed by atoms with Gasteiger partial charge in [0, 0.05) is 15.6 Å². The Morgan fingerprint density at radius 3 is 2.41 bits per heavy atom. The van der Waals surface area contributed by atoms with Crippen LogP contribution in [0.5, 0.6) is 11.5 Å². The van der Waals surface area contributed by atoms with Gasteiger partial charge in [-0.05, 0) is 66.3 Å². The van der Waals surface area contributed by atoms with Gasteiger partial charge in [-0.1, -0.05) is 47.5 Å². The monoisotopic (exact) mass is 556 g/mol. The van der Waals surface area contributed by atoms with E-state index in [1.54, 1.807) is 54.6 Å². The van der Waals surface area contributed by atoms with Gasteiger partial charge in [-0.25, -0.2) is 0 Å². The molecular weight excluding hydrogens is 535 g/mol. The second kappa shape index (κ2) is 11.6. The standard InChI is InChI=1S/C27H22Cl2N2O5S/c1-34-24-14-17(7-12-23(24)36-16-18-5-3-4-6-21(18)29)13-22-26(33)31(20-10-8-19(28)9-11-20)27(37)30(22)15-25(32)35-2/h3-14H,15-16H2,1-2H3/b22-13-. The van der Waals surface area contributed by atoms with E-state index in [1.165, 1.54) is 24.0 Å². The summed E-state index contributed by atoms with van der Waals surface area (Å²) in [5, 5.41) is 1.28. The number of thiocarbonyl (C=S) groups is 1. The van der Waals surface area contributed by atoms with Crippen LogP contribution in [0.3, 0.4) is 0 Å². The molecule has 0 aliphatic carbocycles. The van der Waals surface area contributed by atoms with Crippen LogP contribution in [0.15, 0.2) is 72.4 Å². The lowest BCUT2D eigenvalue weighted by molar-refractivity contribution is -0.140. The number of halogens is 2. The van der Waals surface area contributed by atoms with Gasteiger partial charge in [0.15, 0.2) is 16.6 Å². The molecule has 1 saturated heterocycles. The van der Waals surface area contributed by atoms with Gasteiger partial charge in [0.25, 0.3) is 5.91 Å². The number of benzene rings is 3. The molecule has 0 atom stereocenters. The van der Waals surface area contributed by atoms with Crippen LogP contribution in [0.2, 0.25) is 10.0 Å². The SMILES string of the molecule is COC(=O)CN1C(=S)N(c2ccc(Cl)cc2)C(=O)/C1=C/c1ccc(OCc2ccccc2Cl)c(OC)c1. The molecule has 3 aromatic carbocycles. The van der Waals surface area contributed by atoms with Gasteiger partial charge in [0.2, 0.25) is 0 Å². The average Bonchev–Trinajstić information content (AvgIpc) is 3.12. The molecule has 1 aliphatic heterocycles. The van der Waals surface area contributed by atoms with E-state index in [1.807, 2.05) is 18.2 Å². The molecule has 1 fully saturated rings. The van der Waals surface area contributed by atoms with E-state index in [0.717, 1.165) is 5.56 Å². The Balaban J connectivity index is 1.65. The third-order valence-corrected chi connectivity index (χ3v) is 6.59. The van der Waals surface area contributed by atoms with E-state index in [2.05, 4.69) is 0 Å². The zero-order chi connectivity index (χ0) is 26.5. The lowest BCUT2D eigenvalue weighted by Gasteiger charge is -2.19. The first-order chi connectivity index (χ1) is 17.8. The van der Waals surface area contributed by atoms with Crippen molar-refractivity contribution in [3.05, 3.63) is 93.6 Å². The summed E-state index contributed by atoms with van der Waals surface area (Å²) in [4.78, 5) is 28.4. The largest absolute Gasteiger partial charge is 0.493 e. The highest BCUT2D eigenvalue weighted by Crippen LogP contribution is 2.33. The van der Waals surface area contributed by atoms with Crippen molar-refractivity contribution >= 4 is 64.2 Å². The Labute approximate surface area is 229 Å². The van der Waals surface area contributed by atoms with Crippen LogP contribution in [0.4, 0.5) is 5.69 Å². The Hall–Kier alpha value is -3.59. The summed E-state index contributed by atoms with van der Waals surface area (Å²) < 4.78 is 16.3. The smallest absolute Gasteiger partial charge is 0.325 e. The molecule has 0 saturated carbocycles. The number of methoxy groups -OCH3 is 2. The maximum Gasteiger partial charge on any atom is 0.325 e. The number of hydrogen-bond donors (Lipinski definition) is 0. The van der Waals surface area contributed by atoms with Crippen LogP contribution >= 0.6 is 35.4 Å². The number of ether oxygens (including phenoxy) is 3. The summed E-state index contributed by atoms with van der Waals surface area (Å²) in [6.45, 7) is 0.0271. The number of hydrogen-bond acceptors (Lipinski definition) is 6. The van der Waals surface area contributed by atoms with Crippen molar-refractivity contribution in [3.8, 4) is 11.5 Å². The average molecular weight is 557 g/mol. The first-order valence-corrected chi connectivity index (χ1v) is 12.2. The molecule has 0 spiro atoms. The normalized spacial score (nSPS) is 14.3. The molecule has 0 aromatic heterocycles. The molecule has 0 bridgehead atoms. The molecule has 7 nitrogen and oxygen atoms in total. The minimum atomic E-state index is -0.542. The van der Waals surface area contributed by atoms with Crippen LogP contribution in [0.1, 0.15) is 11.1 Å². The first-order valence-electron chi connectivity index (χ1n) is 11.1. The van der Waals surface area contributed by atoms with Gasteiger partial charge in [0.05, 0.1) is 19.9 Å². The van der Waals surface area contributed by atoms with Crippen LogP contribution < -0.4 is 14.4 Å². The summed E-state index contributed by atoms with van der Waals surface area (Å²) in [7, 11) is 2.80. The van der Waals surface area contributed by atoms with E-state index in [4.69, 9.17) is 49.6 Å². The molecule has 3 aromatic rings. The first kappa shape index (κ1) is 26.5. The molecule has 190 valence electrons. The lowest BCUT2D eigenvalue weighted by Crippen LogP contribution is -2.35. The molecule has 1 amide bonds. The molecule has 4 rings (SSSR count). The van der Waals surface area contributed by atoms with Crippen molar-refractivity contribution in [3.63, 3.8) is 0 Å². The number of carbonyl (C=O) groups is 2. The number of esters is 1. The third kappa shape index (κ3) is 5.88. The van der Waals surface area contributed by atoms with Crippen LogP contribution in [0.25, 0.3) is 6.08 Å². The van der Waals surface area contributed by atoms with E-state index in [9.17, 15) is 9.59 Å². The third-order valence-electron chi connectivity index (χ3n) is 5.57. The van der Waals surface area contributed by atoms with Gasteiger partial charge in [-0.2, -0.15) is 0 Å². The van der Waals surface area contributed by atoms with E-state index in [0.29, 0.717) is 32.8 Å². The van der Waals surface area contributed by atoms with Gasteiger partial charge in [-0.15, -0.1) is 0 Å². The van der Waals surface area contributed by atoms with Gasteiger partial charge < -0.3 is 19.1 Å². The van der Waals surface area contributed by atoms with Gasteiger partial charge >= 0.3 is 5.97 Å². The summed E-state index contributed by atoms with van der Waals surface area (Å²) >= 11 is 17.8. The van der Waals surface area contributed by atoms with E-state index >= 15 is 0 Å². The number of amides is 1. The molecule has 37 heavy (non-hydrogen) atoms. The van der Waals surface area contributed by atoms with Crippen molar-refractivity contribution in [1.29, 1.82) is 0 Å². The molecule has 0 unspecified atom stereocenters.